The molecule has 1 amide bonds. The first-order valence-electron chi connectivity index (χ1n) is 5.40. The lowest BCUT2D eigenvalue weighted by atomic mass is 10.1. The molecule has 0 aromatic heterocycles. The first-order valence-corrected chi connectivity index (χ1v) is 5.40. The molecule has 0 N–H and O–H groups in total. The van der Waals surface area contributed by atoms with Gasteiger partial charge in [0.05, 0.1) is 13.0 Å². The molecule has 1 rings (SSSR count). The third-order valence-corrected chi connectivity index (χ3v) is 2.66. The molecule has 0 aromatic carbocycles. The quantitative estimate of drug-likeness (QED) is 0.658. The van der Waals surface area contributed by atoms with Crippen molar-refractivity contribution in [3.8, 4) is 0 Å². The Balaban J connectivity index is 2.42. The van der Waals surface area contributed by atoms with Crippen LogP contribution in [-0.4, -0.2) is 37.0 Å². The summed E-state index contributed by atoms with van der Waals surface area (Å²) in [4.78, 5) is 24.7. The summed E-state index contributed by atoms with van der Waals surface area (Å²) in [5.41, 5.74) is 0. The van der Waals surface area contributed by atoms with Crippen LogP contribution in [0.15, 0.2) is 0 Å². The van der Waals surface area contributed by atoms with Gasteiger partial charge in [-0.05, 0) is 12.3 Å². The summed E-state index contributed by atoms with van der Waals surface area (Å²) in [5, 5.41) is 0. The fourth-order valence-electron chi connectivity index (χ4n) is 1.82. The van der Waals surface area contributed by atoms with Gasteiger partial charge in [-0.1, -0.05) is 13.8 Å². The number of esters is 1. The van der Waals surface area contributed by atoms with Crippen molar-refractivity contribution < 1.29 is 14.3 Å². The Morgan fingerprint density at radius 2 is 2.13 bits per heavy atom. The molecule has 0 aromatic rings. The van der Waals surface area contributed by atoms with E-state index in [1.807, 2.05) is 13.8 Å². The number of hydrogen-bond donors (Lipinski definition) is 0. The van der Waals surface area contributed by atoms with Crippen LogP contribution in [0, 0.1) is 11.8 Å². The average Bonchev–Trinajstić information content (AvgIpc) is 2.64. The molecule has 15 heavy (non-hydrogen) atoms. The van der Waals surface area contributed by atoms with Gasteiger partial charge < -0.3 is 9.64 Å². The predicted molar refractivity (Wildman–Crippen MR) is 56.2 cm³/mol. The van der Waals surface area contributed by atoms with E-state index in [4.69, 9.17) is 0 Å². The third-order valence-electron chi connectivity index (χ3n) is 2.66. The highest BCUT2D eigenvalue weighted by Crippen LogP contribution is 2.19. The number of hydrogen-bond acceptors (Lipinski definition) is 3. The predicted octanol–water partition coefficient (Wildman–Crippen LogP) is 1.05. The van der Waals surface area contributed by atoms with Crippen LogP contribution in [0.25, 0.3) is 0 Å². The summed E-state index contributed by atoms with van der Waals surface area (Å²) in [6.07, 6.45) is 1.30. The second kappa shape index (κ2) is 5.14. The first kappa shape index (κ1) is 12.0. The maximum atomic E-state index is 11.7. The zero-order valence-corrected chi connectivity index (χ0v) is 9.66. The van der Waals surface area contributed by atoms with Gasteiger partial charge >= 0.3 is 5.97 Å². The molecule has 1 heterocycles. The Bertz CT molecular complexity index is 250. The number of rotatable bonds is 3. The SMILES string of the molecule is COC(=O)C1CCN(C(=O)CC(C)C)C1. The van der Waals surface area contributed by atoms with Crippen LogP contribution in [-0.2, 0) is 14.3 Å². The first-order chi connectivity index (χ1) is 7.04. The fourth-order valence-corrected chi connectivity index (χ4v) is 1.82. The van der Waals surface area contributed by atoms with E-state index in [1.165, 1.54) is 7.11 Å². The van der Waals surface area contributed by atoms with Gasteiger partial charge in [0.2, 0.25) is 5.91 Å². The Morgan fingerprint density at radius 1 is 1.47 bits per heavy atom. The van der Waals surface area contributed by atoms with E-state index in [2.05, 4.69) is 4.74 Å². The summed E-state index contributed by atoms with van der Waals surface area (Å²) in [7, 11) is 1.39. The smallest absolute Gasteiger partial charge is 0.310 e. The molecule has 1 aliphatic heterocycles. The highest BCUT2D eigenvalue weighted by molar-refractivity contribution is 5.79. The zero-order chi connectivity index (χ0) is 11.4. The fraction of sp³-hybridized carbons (Fsp3) is 0.818. The molecule has 1 unspecified atom stereocenters. The van der Waals surface area contributed by atoms with Gasteiger partial charge in [-0.3, -0.25) is 9.59 Å². The lowest BCUT2D eigenvalue weighted by Gasteiger charge is -2.17. The van der Waals surface area contributed by atoms with Gasteiger partial charge in [0, 0.05) is 19.5 Å². The maximum absolute atomic E-state index is 11.7. The van der Waals surface area contributed by atoms with Crippen LogP contribution in [0.4, 0.5) is 0 Å². The topological polar surface area (TPSA) is 46.6 Å². The molecule has 1 atom stereocenters. The minimum atomic E-state index is -0.199. The van der Waals surface area contributed by atoms with Gasteiger partial charge in [-0.25, -0.2) is 0 Å². The zero-order valence-electron chi connectivity index (χ0n) is 9.66. The standard InChI is InChI=1S/C11H19NO3/c1-8(2)6-10(13)12-5-4-9(7-12)11(14)15-3/h8-9H,4-7H2,1-3H3. The van der Waals surface area contributed by atoms with E-state index >= 15 is 0 Å². The minimum Gasteiger partial charge on any atom is -0.469 e. The monoisotopic (exact) mass is 213 g/mol. The van der Waals surface area contributed by atoms with Crippen molar-refractivity contribution in [1.29, 1.82) is 0 Å². The molecular weight excluding hydrogens is 194 g/mol. The van der Waals surface area contributed by atoms with Gasteiger partial charge in [-0.2, -0.15) is 0 Å². The van der Waals surface area contributed by atoms with Crippen molar-refractivity contribution in [3.05, 3.63) is 0 Å². The highest BCUT2D eigenvalue weighted by atomic mass is 16.5. The second-order valence-electron chi connectivity index (χ2n) is 4.45. The number of nitrogens with zero attached hydrogens (tertiary/aromatic N) is 1. The molecule has 0 radical (unpaired) electrons. The summed E-state index contributed by atoms with van der Waals surface area (Å²) < 4.78 is 4.67. The largest absolute Gasteiger partial charge is 0.469 e. The molecular formula is C11H19NO3. The molecule has 0 saturated carbocycles. The summed E-state index contributed by atoms with van der Waals surface area (Å²) in [6, 6.07) is 0. The van der Waals surface area contributed by atoms with Crippen molar-refractivity contribution in [1.82, 2.24) is 4.90 Å². The van der Waals surface area contributed by atoms with Gasteiger partial charge in [0.1, 0.15) is 0 Å². The molecule has 4 nitrogen and oxygen atoms in total. The number of ether oxygens (including phenoxy) is 1. The Hall–Kier alpha value is -1.06. The number of methoxy groups -OCH3 is 1. The molecule has 1 aliphatic rings. The van der Waals surface area contributed by atoms with Crippen molar-refractivity contribution in [2.75, 3.05) is 20.2 Å². The summed E-state index contributed by atoms with van der Waals surface area (Å²) in [6.45, 7) is 5.25. The normalized spacial score (nSPS) is 20.8. The molecule has 86 valence electrons. The van der Waals surface area contributed by atoms with Crippen LogP contribution in [0.2, 0.25) is 0 Å². The number of carbonyl (C=O) groups excluding carboxylic acids is 2. The van der Waals surface area contributed by atoms with Gasteiger partial charge in [0.25, 0.3) is 0 Å². The van der Waals surface area contributed by atoms with Crippen LogP contribution in [0.5, 0.6) is 0 Å². The van der Waals surface area contributed by atoms with E-state index in [1.54, 1.807) is 4.90 Å². The lowest BCUT2D eigenvalue weighted by Crippen LogP contribution is -2.30. The van der Waals surface area contributed by atoms with E-state index < -0.39 is 0 Å². The Morgan fingerprint density at radius 3 is 2.67 bits per heavy atom. The van der Waals surface area contributed by atoms with Crippen LogP contribution in [0.3, 0.4) is 0 Å². The highest BCUT2D eigenvalue weighted by Gasteiger charge is 2.31. The molecule has 0 aliphatic carbocycles. The third kappa shape index (κ3) is 3.22. The molecule has 1 fully saturated rings. The molecule has 1 saturated heterocycles. The van der Waals surface area contributed by atoms with Crippen LogP contribution in [0.1, 0.15) is 26.7 Å². The van der Waals surface area contributed by atoms with E-state index in [9.17, 15) is 9.59 Å². The average molecular weight is 213 g/mol. The van der Waals surface area contributed by atoms with E-state index in [0.717, 1.165) is 6.42 Å². The van der Waals surface area contributed by atoms with Crippen molar-refractivity contribution in [2.24, 2.45) is 11.8 Å². The van der Waals surface area contributed by atoms with E-state index in [0.29, 0.717) is 25.4 Å². The molecule has 0 bridgehead atoms. The van der Waals surface area contributed by atoms with Crippen molar-refractivity contribution in [3.63, 3.8) is 0 Å². The molecule has 4 heteroatoms. The lowest BCUT2D eigenvalue weighted by molar-refractivity contribution is -0.145. The Labute approximate surface area is 90.6 Å². The van der Waals surface area contributed by atoms with E-state index in [-0.39, 0.29) is 17.8 Å². The number of amides is 1. The minimum absolute atomic E-state index is 0.119. The van der Waals surface area contributed by atoms with Crippen LogP contribution < -0.4 is 0 Å². The van der Waals surface area contributed by atoms with Gasteiger partial charge in [-0.15, -0.1) is 0 Å². The van der Waals surface area contributed by atoms with Crippen LogP contribution >= 0.6 is 0 Å². The second-order valence-corrected chi connectivity index (χ2v) is 4.45. The molecule has 0 spiro atoms. The van der Waals surface area contributed by atoms with Gasteiger partial charge in [0.15, 0.2) is 0 Å². The van der Waals surface area contributed by atoms with Crippen molar-refractivity contribution in [2.45, 2.75) is 26.7 Å². The Kier molecular flexibility index (Phi) is 4.12. The summed E-state index contributed by atoms with van der Waals surface area (Å²) in [5.74, 6) is 0.201. The number of likely N-dealkylation sites (tertiary alicyclic amines) is 1. The number of carbonyl (C=O) groups is 2. The summed E-state index contributed by atoms with van der Waals surface area (Å²) >= 11 is 0. The van der Waals surface area contributed by atoms with Crippen molar-refractivity contribution >= 4 is 11.9 Å². The maximum Gasteiger partial charge on any atom is 0.310 e.